The Balaban J connectivity index is 1.54. The fraction of sp³-hybridized carbons (Fsp3) is 0.0968. The Morgan fingerprint density at radius 1 is 0.667 bits per heavy atom. The van der Waals surface area contributed by atoms with Crippen LogP contribution < -0.4 is 5.32 Å². The summed E-state index contributed by atoms with van der Waals surface area (Å²) < 4.78 is 0. The number of benzene rings is 4. The van der Waals surface area contributed by atoms with E-state index in [0.717, 1.165) is 24.2 Å². The van der Waals surface area contributed by atoms with Crippen molar-refractivity contribution in [3.05, 3.63) is 136 Å². The molecule has 33 heavy (non-hydrogen) atoms. The van der Waals surface area contributed by atoms with Crippen LogP contribution in [0, 0.1) is 0 Å². The van der Waals surface area contributed by atoms with Crippen molar-refractivity contribution in [3.8, 4) is 11.1 Å². The molecule has 1 heterocycles. The fourth-order valence-electron chi connectivity index (χ4n) is 5.85. The number of thioether (sulfide) groups is 1. The summed E-state index contributed by atoms with van der Waals surface area (Å²) in [6.07, 6.45) is 7.01. The van der Waals surface area contributed by atoms with Gasteiger partial charge in [-0.2, -0.15) is 0 Å². The number of fused-ring (bicyclic) bond motifs is 8. The summed E-state index contributed by atoms with van der Waals surface area (Å²) in [7, 11) is 0. The fourth-order valence-corrected chi connectivity index (χ4v) is 7.13. The average molecular weight is 442 g/mol. The van der Waals surface area contributed by atoms with Gasteiger partial charge in [0.1, 0.15) is 0 Å². The number of hydrogen-bond acceptors (Lipinski definition) is 2. The minimum atomic E-state index is -0.269. The summed E-state index contributed by atoms with van der Waals surface area (Å²) in [5, 5.41) is 3.64. The van der Waals surface area contributed by atoms with Gasteiger partial charge in [-0.3, -0.25) is 0 Å². The van der Waals surface area contributed by atoms with Crippen molar-refractivity contribution >= 4 is 23.1 Å². The SMILES string of the molecule is C1=CC2=C(CC1)Sc1ccc(Nc3ccccc3)cc1C21c2ccccc2-c2ccccc21. The lowest BCUT2D eigenvalue weighted by atomic mass is 9.65. The average Bonchev–Trinajstić information content (AvgIpc) is 3.17. The number of allylic oxidation sites excluding steroid dienone is 4. The van der Waals surface area contributed by atoms with E-state index in [9.17, 15) is 0 Å². The van der Waals surface area contributed by atoms with Crippen LogP contribution in [0.4, 0.5) is 11.4 Å². The molecule has 0 aromatic heterocycles. The lowest BCUT2D eigenvalue weighted by Gasteiger charge is -2.41. The summed E-state index contributed by atoms with van der Waals surface area (Å²) in [5.41, 5.74) is 10.3. The highest BCUT2D eigenvalue weighted by Crippen LogP contribution is 2.63. The van der Waals surface area contributed by atoms with Crippen LogP contribution in [0.25, 0.3) is 11.1 Å². The molecule has 2 heteroatoms. The molecule has 0 radical (unpaired) electrons. The summed E-state index contributed by atoms with van der Waals surface area (Å²) in [6, 6.07) is 35.4. The number of nitrogens with one attached hydrogen (secondary N) is 1. The maximum Gasteiger partial charge on any atom is 0.0732 e. The van der Waals surface area contributed by atoms with Crippen LogP contribution in [0.3, 0.4) is 0 Å². The highest BCUT2D eigenvalue weighted by Gasteiger charge is 2.50. The van der Waals surface area contributed by atoms with Gasteiger partial charge in [0.05, 0.1) is 5.41 Å². The van der Waals surface area contributed by atoms with E-state index in [4.69, 9.17) is 0 Å². The molecular formula is C31H23NS. The molecule has 158 valence electrons. The molecule has 0 amide bonds. The number of anilines is 2. The Morgan fingerprint density at radius 2 is 1.36 bits per heavy atom. The van der Waals surface area contributed by atoms with Gasteiger partial charge in [-0.05, 0) is 81.5 Å². The van der Waals surface area contributed by atoms with Crippen molar-refractivity contribution in [3.63, 3.8) is 0 Å². The standard InChI is InChI=1S/C31H23NS/c1-2-10-21(11-3-1)32-22-18-19-30-28(20-22)31(27-16-8-9-17-29(27)33-30)25-14-6-4-12-23(25)24-13-5-7-15-26(24)31/h1-8,10-16,18-20,32H,9,17H2. The molecule has 4 aromatic rings. The van der Waals surface area contributed by atoms with Gasteiger partial charge in [0.25, 0.3) is 0 Å². The number of rotatable bonds is 2. The summed E-state index contributed by atoms with van der Waals surface area (Å²) >= 11 is 1.97. The maximum atomic E-state index is 3.64. The van der Waals surface area contributed by atoms with Gasteiger partial charge in [-0.15, -0.1) is 0 Å². The predicted molar refractivity (Wildman–Crippen MR) is 139 cm³/mol. The van der Waals surface area contributed by atoms with E-state index in [1.165, 1.54) is 43.2 Å². The third kappa shape index (κ3) is 2.68. The normalized spacial score (nSPS) is 16.7. The molecule has 1 spiro atoms. The van der Waals surface area contributed by atoms with Gasteiger partial charge >= 0.3 is 0 Å². The van der Waals surface area contributed by atoms with Gasteiger partial charge in [0, 0.05) is 16.3 Å². The summed E-state index contributed by atoms with van der Waals surface area (Å²) in [5.74, 6) is 0. The third-order valence-electron chi connectivity index (χ3n) is 7.16. The minimum absolute atomic E-state index is 0.269. The van der Waals surface area contributed by atoms with Crippen molar-refractivity contribution in [2.24, 2.45) is 0 Å². The lowest BCUT2D eigenvalue weighted by molar-refractivity contribution is 0.724. The Morgan fingerprint density at radius 3 is 2.12 bits per heavy atom. The molecule has 0 fully saturated rings. The van der Waals surface area contributed by atoms with Gasteiger partial charge in [-0.25, -0.2) is 0 Å². The summed E-state index contributed by atoms with van der Waals surface area (Å²) in [6.45, 7) is 0. The van der Waals surface area contributed by atoms with Crippen molar-refractivity contribution < 1.29 is 0 Å². The Labute approximate surface area is 198 Å². The molecule has 2 aliphatic carbocycles. The molecule has 1 nitrogen and oxygen atoms in total. The van der Waals surface area contributed by atoms with E-state index >= 15 is 0 Å². The van der Waals surface area contributed by atoms with Crippen LogP contribution in [0.2, 0.25) is 0 Å². The Hall–Kier alpha value is -3.49. The van der Waals surface area contributed by atoms with E-state index in [-0.39, 0.29) is 5.41 Å². The van der Waals surface area contributed by atoms with Gasteiger partial charge in [0.15, 0.2) is 0 Å². The van der Waals surface area contributed by atoms with Crippen LogP contribution in [0.1, 0.15) is 29.5 Å². The van der Waals surface area contributed by atoms with E-state index < -0.39 is 0 Å². The highest BCUT2D eigenvalue weighted by molar-refractivity contribution is 8.03. The van der Waals surface area contributed by atoms with Crippen molar-refractivity contribution in [2.75, 3.05) is 5.32 Å². The second-order valence-electron chi connectivity index (χ2n) is 8.92. The highest BCUT2D eigenvalue weighted by atomic mass is 32.2. The molecule has 0 saturated heterocycles. The maximum absolute atomic E-state index is 3.64. The first-order valence-electron chi connectivity index (χ1n) is 11.6. The molecule has 7 rings (SSSR count). The topological polar surface area (TPSA) is 12.0 Å². The van der Waals surface area contributed by atoms with Crippen LogP contribution in [0.15, 0.2) is 125 Å². The van der Waals surface area contributed by atoms with Crippen LogP contribution in [-0.4, -0.2) is 0 Å². The molecule has 0 saturated carbocycles. The van der Waals surface area contributed by atoms with Crippen molar-refractivity contribution in [1.29, 1.82) is 0 Å². The van der Waals surface area contributed by atoms with E-state index in [2.05, 4.69) is 115 Å². The largest absolute Gasteiger partial charge is 0.356 e. The smallest absolute Gasteiger partial charge is 0.0732 e. The molecule has 0 unspecified atom stereocenters. The second-order valence-corrected chi connectivity index (χ2v) is 10.1. The zero-order valence-corrected chi connectivity index (χ0v) is 19.0. The predicted octanol–water partition coefficient (Wildman–Crippen LogP) is 8.45. The molecule has 0 bridgehead atoms. The van der Waals surface area contributed by atoms with E-state index in [1.807, 2.05) is 11.8 Å². The van der Waals surface area contributed by atoms with E-state index in [0.29, 0.717) is 0 Å². The van der Waals surface area contributed by atoms with Gasteiger partial charge in [-0.1, -0.05) is 90.6 Å². The first-order valence-corrected chi connectivity index (χ1v) is 12.4. The first-order chi connectivity index (χ1) is 16.4. The summed E-state index contributed by atoms with van der Waals surface area (Å²) in [4.78, 5) is 2.88. The Kier molecular flexibility index (Phi) is 4.19. The molecule has 1 N–H and O–H groups in total. The number of hydrogen-bond donors (Lipinski definition) is 1. The van der Waals surface area contributed by atoms with Crippen LogP contribution in [0.5, 0.6) is 0 Å². The monoisotopic (exact) mass is 441 g/mol. The molecule has 0 atom stereocenters. The van der Waals surface area contributed by atoms with Gasteiger partial charge in [0.2, 0.25) is 0 Å². The van der Waals surface area contributed by atoms with Crippen molar-refractivity contribution in [1.82, 2.24) is 0 Å². The first kappa shape index (κ1) is 19.0. The zero-order valence-electron chi connectivity index (χ0n) is 18.2. The quantitative estimate of drug-likeness (QED) is 0.335. The zero-order chi connectivity index (χ0) is 21.8. The Bertz CT molecular complexity index is 1420. The second kappa shape index (κ2) is 7.26. The van der Waals surface area contributed by atoms with E-state index in [1.54, 1.807) is 0 Å². The molecule has 3 aliphatic rings. The minimum Gasteiger partial charge on any atom is -0.356 e. The number of para-hydroxylation sites is 1. The van der Waals surface area contributed by atoms with Crippen LogP contribution >= 0.6 is 11.8 Å². The van der Waals surface area contributed by atoms with Gasteiger partial charge < -0.3 is 5.32 Å². The molecule has 1 aliphatic heterocycles. The third-order valence-corrected chi connectivity index (χ3v) is 8.40. The van der Waals surface area contributed by atoms with Crippen molar-refractivity contribution in [2.45, 2.75) is 23.2 Å². The molecular weight excluding hydrogens is 418 g/mol. The lowest BCUT2D eigenvalue weighted by Crippen LogP contribution is -2.33. The van der Waals surface area contributed by atoms with Crippen LogP contribution in [-0.2, 0) is 5.41 Å². The molecule has 4 aromatic carbocycles.